The van der Waals surface area contributed by atoms with E-state index in [4.69, 9.17) is 4.74 Å². The first-order valence-corrected chi connectivity index (χ1v) is 6.07. The number of nitrogens with zero attached hydrogens (tertiary/aromatic N) is 1. The fraction of sp³-hybridized carbons (Fsp3) is 0.267. The minimum absolute atomic E-state index is 0.310. The molecule has 0 aliphatic carbocycles. The largest absolute Gasteiger partial charge is 0.456 e. The highest BCUT2D eigenvalue weighted by Crippen LogP contribution is 2.24. The Morgan fingerprint density at radius 3 is 2.67 bits per heavy atom. The summed E-state index contributed by atoms with van der Waals surface area (Å²) in [5.41, 5.74) is 2.19. The average Bonchev–Trinajstić information content (AvgIpc) is 2.41. The van der Waals surface area contributed by atoms with E-state index in [0.29, 0.717) is 6.04 Å². The van der Waals surface area contributed by atoms with E-state index in [1.807, 2.05) is 44.3 Å². The molecule has 0 fully saturated rings. The van der Waals surface area contributed by atoms with Gasteiger partial charge < -0.3 is 10.1 Å². The number of benzene rings is 1. The van der Waals surface area contributed by atoms with Crippen LogP contribution in [0.15, 0.2) is 42.6 Å². The highest BCUT2D eigenvalue weighted by Gasteiger charge is 2.04. The van der Waals surface area contributed by atoms with Gasteiger partial charge in [0.05, 0.1) is 6.20 Å². The molecule has 1 N–H and O–H groups in total. The molecule has 0 amide bonds. The molecular formula is C15H18N2O. The molecular weight excluding hydrogens is 224 g/mol. The Balaban J connectivity index is 2.16. The zero-order valence-corrected chi connectivity index (χ0v) is 11.0. The van der Waals surface area contributed by atoms with Gasteiger partial charge in [-0.3, -0.25) is 4.98 Å². The van der Waals surface area contributed by atoms with Crippen LogP contribution in [-0.2, 0) is 0 Å². The summed E-state index contributed by atoms with van der Waals surface area (Å²) in [6, 6.07) is 12.3. The second kappa shape index (κ2) is 5.65. The molecule has 1 aromatic heterocycles. The van der Waals surface area contributed by atoms with Crippen LogP contribution in [0.4, 0.5) is 0 Å². The van der Waals surface area contributed by atoms with Gasteiger partial charge in [-0.1, -0.05) is 12.1 Å². The first kappa shape index (κ1) is 12.6. The first-order valence-electron chi connectivity index (χ1n) is 6.07. The monoisotopic (exact) mass is 242 g/mol. The van der Waals surface area contributed by atoms with E-state index >= 15 is 0 Å². The lowest BCUT2D eigenvalue weighted by Crippen LogP contribution is -2.11. The van der Waals surface area contributed by atoms with Crippen molar-refractivity contribution in [3.63, 3.8) is 0 Å². The zero-order valence-electron chi connectivity index (χ0n) is 11.0. The normalized spacial score (nSPS) is 12.2. The van der Waals surface area contributed by atoms with Crippen LogP contribution in [-0.4, -0.2) is 12.0 Å². The predicted octanol–water partition coefficient (Wildman–Crippen LogP) is 3.46. The summed E-state index contributed by atoms with van der Waals surface area (Å²) in [6.45, 7) is 4.07. The third-order valence-corrected chi connectivity index (χ3v) is 2.91. The number of hydrogen-bond donors (Lipinski definition) is 1. The van der Waals surface area contributed by atoms with Crippen molar-refractivity contribution in [2.45, 2.75) is 19.9 Å². The maximum Gasteiger partial charge on any atom is 0.145 e. The fourth-order valence-corrected chi connectivity index (χ4v) is 1.66. The van der Waals surface area contributed by atoms with Crippen molar-refractivity contribution in [3.8, 4) is 11.5 Å². The van der Waals surface area contributed by atoms with Crippen molar-refractivity contribution in [3.05, 3.63) is 53.9 Å². The van der Waals surface area contributed by atoms with Gasteiger partial charge in [0.2, 0.25) is 0 Å². The van der Waals surface area contributed by atoms with E-state index in [1.54, 1.807) is 6.20 Å². The van der Waals surface area contributed by atoms with Gasteiger partial charge in [-0.15, -0.1) is 0 Å². The molecule has 1 aromatic carbocycles. The molecule has 3 nitrogen and oxygen atoms in total. The molecule has 3 heteroatoms. The summed E-state index contributed by atoms with van der Waals surface area (Å²) in [5.74, 6) is 1.59. The number of ether oxygens (including phenoxy) is 1. The molecule has 2 aromatic rings. The van der Waals surface area contributed by atoms with Crippen LogP contribution in [0.1, 0.15) is 24.2 Å². The number of aryl methyl sites for hydroxylation is 1. The van der Waals surface area contributed by atoms with Gasteiger partial charge in [0.25, 0.3) is 0 Å². The van der Waals surface area contributed by atoms with E-state index in [-0.39, 0.29) is 0 Å². The number of nitrogens with one attached hydrogen (secondary N) is 1. The van der Waals surface area contributed by atoms with Crippen LogP contribution in [0.25, 0.3) is 0 Å². The van der Waals surface area contributed by atoms with Gasteiger partial charge >= 0.3 is 0 Å². The molecule has 0 aliphatic rings. The Labute approximate surface area is 108 Å². The molecule has 0 spiro atoms. The van der Waals surface area contributed by atoms with E-state index in [9.17, 15) is 0 Å². The molecule has 0 bridgehead atoms. The average molecular weight is 242 g/mol. The Morgan fingerprint density at radius 2 is 2.00 bits per heavy atom. The first-order chi connectivity index (χ1) is 8.69. The van der Waals surface area contributed by atoms with E-state index < -0.39 is 0 Å². The molecule has 1 unspecified atom stereocenters. The Morgan fingerprint density at radius 1 is 1.17 bits per heavy atom. The van der Waals surface area contributed by atoms with Crippen molar-refractivity contribution < 1.29 is 4.74 Å². The molecule has 18 heavy (non-hydrogen) atoms. The summed E-state index contributed by atoms with van der Waals surface area (Å²) in [4.78, 5) is 4.21. The van der Waals surface area contributed by atoms with E-state index in [2.05, 4.69) is 23.3 Å². The zero-order chi connectivity index (χ0) is 13.0. The van der Waals surface area contributed by atoms with Gasteiger partial charge in [0.1, 0.15) is 11.5 Å². The maximum atomic E-state index is 5.78. The van der Waals surface area contributed by atoms with Crippen LogP contribution < -0.4 is 10.1 Å². The van der Waals surface area contributed by atoms with Crippen LogP contribution in [0.5, 0.6) is 11.5 Å². The van der Waals surface area contributed by atoms with E-state index in [0.717, 1.165) is 17.2 Å². The van der Waals surface area contributed by atoms with Crippen LogP contribution >= 0.6 is 0 Å². The second-order valence-corrected chi connectivity index (χ2v) is 4.32. The van der Waals surface area contributed by atoms with Gasteiger partial charge in [0, 0.05) is 11.7 Å². The molecule has 0 aliphatic heterocycles. The highest BCUT2D eigenvalue weighted by molar-refractivity contribution is 5.34. The SMILES string of the molecule is CNC(C)c1cccc(Oc2ccc(C)nc2)c1. The Kier molecular flexibility index (Phi) is 3.95. The number of rotatable bonds is 4. The molecule has 1 atom stereocenters. The second-order valence-electron chi connectivity index (χ2n) is 4.32. The molecule has 2 rings (SSSR count). The molecule has 0 saturated carbocycles. The smallest absolute Gasteiger partial charge is 0.145 e. The topological polar surface area (TPSA) is 34.1 Å². The molecule has 0 saturated heterocycles. The summed E-state index contributed by atoms with van der Waals surface area (Å²) >= 11 is 0. The van der Waals surface area contributed by atoms with Gasteiger partial charge in [-0.2, -0.15) is 0 Å². The summed E-state index contributed by atoms with van der Waals surface area (Å²) in [6.07, 6.45) is 1.74. The predicted molar refractivity (Wildman–Crippen MR) is 73.0 cm³/mol. The lowest BCUT2D eigenvalue weighted by Gasteiger charge is -2.12. The third kappa shape index (κ3) is 3.08. The quantitative estimate of drug-likeness (QED) is 0.891. The minimum Gasteiger partial charge on any atom is -0.456 e. The Hall–Kier alpha value is -1.87. The van der Waals surface area contributed by atoms with Crippen molar-refractivity contribution in [1.82, 2.24) is 10.3 Å². The van der Waals surface area contributed by atoms with Crippen molar-refractivity contribution in [2.75, 3.05) is 7.05 Å². The summed E-state index contributed by atoms with van der Waals surface area (Å²) in [7, 11) is 1.95. The molecule has 94 valence electrons. The fourth-order valence-electron chi connectivity index (χ4n) is 1.66. The lowest BCUT2D eigenvalue weighted by molar-refractivity contribution is 0.478. The number of aromatic nitrogens is 1. The highest BCUT2D eigenvalue weighted by atomic mass is 16.5. The van der Waals surface area contributed by atoms with Crippen molar-refractivity contribution in [2.24, 2.45) is 0 Å². The van der Waals surface area contributed by atoms with Crippen molar-refractivity contribution >= 4 is 0 Å². The number of hydrogen-bond acceptors (Lipinski definition) is 3. The van der Waals surface area contributed by atoms with Crippen molar-refractivity contribution in [1.29, 1.82) is 0 Å². The number of pyridine rings is 1. The Bertz CT molecular complexity index is 508. The molecule has 0 radical (unpaired) electrons. The van der Waals surface area contributed by atoms with Gasteiger partial charge in [0.15, 0.2) is 0 Å². The van der Waals surface area contributed by atoms with Gasteiger partial charge in [-0.25, -0.2) is 0 Å². The van der Waals surface area contributed by atoms with Gasteiger partial charge in [-0.05, 0) is 50.7 Å². The van der Waals surface area contributed by atoms with E-state index in [1.165, 1.54) is 5.56 Å². The summed E-state index contributed by atoms with van der Waals surface area (Å²) in [5, 5.41) is 3.21. The minimum atomic E-state index is 0.310. The third-order valence-electron chi connectivity index (χ3n) is 2.91. The lowest BCUT2D eigenvalue weighted by atomic mass is 10.1. The van der Waals surface area contributed by atoms with Crippen LogP contribution in [0, 0.1) is 6.92 Å². The maximum absolute atomic E-state index is 5.78. The van der Waals surface area contributed by atoms with Crippen LogP contribution in [0.2, 0.25) is 0 Å². The standard InChI is InChI=1S/C15H18N2O/c1-11-7-8-15(10-17-11)18-14-6-4-5-13(9-14)12(2)16-3/h4-10,12,16H,1-3H3. The summed E-state index contributed by atoms with van der Waals surface area (Å²) < 4.78 is 5.78. The molecule has 1 heterocycles. The van der Waals surface area contributed by atoms with Crippen LogP contribution in [0.3, 0.4) is 0 Å².